The molecule has 3 rings (SSSR count). The second kappa shape index (κ2) is 5.38. The Balaban J connectivity index is 1.85. The second-order valence-electron chi connectivity index (χ2n) is 6.39. The molecule has 3 heteroatoms. The van der Waals surface area contributed by atoms with Crippen LogP contribution in [0.25, 0.3) is 0 Å². The zero-order chi connectivity index (χ0) is 14.2. The first-order valence-electron chi connectivity index (χ1n) is 7.71. The molecule has 1 heterocycles. The van der Waals surface area contributed by atoms with E-state index in [-0.39, 0.29) is 11.6 Å². The Morgan fingerprint density at radius 1 is 1.35 bits per heavy atom. The number of benzene rings is 1. The molecular formula is C17H25NO2. The summed E-state index contributed by atoms with van der Waals surface area (Å²) < 4.78 is 11.5. The van der Waals surface area contributed by atoms with E-state index in [1.54, 1.807) is 0 Å². The highest BCUT2D eigenvalue weighted by Gasteiger charge is 2.40. The number of hydrogen-bond acceptors (Lipinski definition) is 3. The molecule has 0 bridgehead atoms. The summed E-state index contributed by atoms with van der Waals surface area (Å²) >= 11 is 0. The zero-order valence-corrected chi connectivity index (χ0v) is 12.5. The highest BCUT2D eigenvalue weighted by molar-refractivity contribution is 5.41. The van der Waals surface area contributed by atoms with Gasteiger partial charge in [0.15, 0.2) is 0 Å². The van der Waals surface area contributed by atoms with Crippen molar-refractivity contribution in [3.8, 4) is 5.75 Å². The van der Waals surface area contributed by atoms with E-state index >= 15 is 0 Å². The molecule has 1 atom stereocenters. The van der Waals surface area contributed by atoms with Crippen LogP contribution in [0.4, 0.5) is 0 Å². The molecule has 0 amide bonds. The van der Waals surface area contributed by atoms with E-state index in [0.29, 0.717) is 0 Å². The maximum atomic E-state index is 6.59. The van der Waals surface area contributed by atoms with Crippen LogP contribution in [0.15, 0.2) is 18.2 Å². The summed E-state index contributed by atoms with van der Waals surface area (Å²) in [5.41, 5.74) is 8.87. The maximum Gasteiger partial charge on any atom is 0.122 e. The van der Waals surface area contributed by atoms with Gasteiger partial charge in [-0.25, -0.2) is 0 Å². The molecule has 2 aliphatic rings. The van der Waals surface area contributed by atoms with Gasteiger partial charge in [-0.1, -0.05) is 19.1 Å². The number of methoxy groups -OCH3 is 1. The van der Waals surface area contributed by atoms with E-state index in [4.69, 9.17) is 15.2 Å². The minimum absolute atomic E-state index is 0.0501. The van der Waals surface area contributed by atoms with Crippen molar-refractivity contribution in [3.63, 3.8) is 0 Å². The van der Waals surface area contributed by atoms with Crippen molar-refractivity contribution in [1.82, 2.24) is 0 Å². The van der Waals surface area contributed by atoms with Crippen LogP contribution in [0, 0.1) is 5.92 Å². The smallest absolute Gasteiger partial charge is 0.122 e. The molecular weight excluding hydrogens is 250 g/mol. The van der Waals surface area contributed by atoms with Gasteiger partial charge in [0.05, 0.1) is 18.2 Å². The quantitative estimate of drug-likeness (QED) is 0.921. The standard InChI is InChI=1S/C17H25NO2/c1-12-5-8-17(19-2,9-6-12)16(18)14-3-4-15-13(11-14)7-10-20-15/h3-4,11-12,16H,5-10,18H2,1-2H3. The Morgan fingerprint density at radius 2 is 2.10 bits per heavy atom. The number of hydrogen-bond donors (Lipinski definition) is 1. The third-order valence-electron chi connectivity index (χ3n) is 5.17. The molecule has 1 aromatic carbocycles. The number of rotatable bonds is 3. The summed E-state index contributed by atoms with van der Waals surface area (Å²) in [7, 11) is 1.81. The van der Waals surface area contributed by atoms with Gasteiger partial charge in [-0.15, -0.1) is 0 Å². The van der Waals surface area contributed by atoms with Crippen LogP contribution in [0.2, 0.25) is 0 Å². The molecule has 2 N–H and O–H groups in total. The molecule has 20 heavy (non-hydrogen) atoms. The third-order valence-corrected chi connectivity index (χ3v) is 5.17. The first kappa shape index (κ1) is 13.9. The highest BCUT2D eigenvalue weighted by Crippen LogP contribution is 2.42. The van der Waals surface area contributed by atoms with E-state index < -0.39 is 0 Å². The van der Waals surface area contributed by atoms with Gasteiger partial charge in [0.25, 0.3) is 0 Å². The Labute approximate surface area is 121 Å². The van der Waals surface area contributed by atoms with Crippen LogP contribution in [-0.2, 0) is 11.2 Å². The lowest BCUT2D eigenvalue weighted by Gasteiger charge is -2.42. The van der Waals surface area contributed by atoms with Gasteiger partial charge in [-0.05, 0) is 48.8 Å². The molecule has 1 saturated carbocycles. The first-order chi connectivity index (χ1) is 9.64. The van der Waals surface area contributed by atoms with Crippen molar-refractivity contribution in [3.05, 3.63) is 29.3 Å². The monoisotopic (exact) mass is 275 g/mol. The van der Waals surface area contributed by atoms with Crippen LogP contribution < -0.4 is 10.5 Å². The van der Waals surface area contributed by atoms with E-state index in [1.807, 2.05) is 7.11 Å². The molecule has 1 unspecified atom stereocenters. The lowest BCUT2D eigenvalue weighted by atomic mass is 9.73. The third kappa shape index (κ3) is 2.33. The van der Waals surface area contributed by atoms with Crippen molar-refractivity contribution in [2.24, 2.45) is 11.7 Å². The molecule has 0 radical (unpaired) electrons. The van der Waals surface area contributed by atoms with Crippen molar-refractivity contribution in [1.29, 1.82) is 0 Å². The topological polar surface area (TPSA) is 44.5 Å². The van der Waals surface area contributed by atoms with Crippen molar-refractivity contribution >= 4 is 0 Å². The minimum atomic E-state index is -0.194. The van der Waals surface area contributed by atoms with Crippen LogP contribution in [0.3, 0.4) is 0 Å². The lowest BCUT2D eigenvalue weighted by Crippen LogP contribution is -2.45. The van der Waals surface area contributed by atoms with Gasteiger partial charge < -0.3 is 15.2 Å². The van der Waals surface area contributed by atoms with Crippen LogP contribution >= 0.6 is 0 Å². The Morgan fingerprint density at radius 3 is 2.80 bits per heavy atom. The van der Waals surface area contributed by atoms with Gasteiger partial charge in [0, 0.05) is 13.5 Å². The normalized spacial score (nSPS) is 30.6. The Kier molecular flexibility index (Phi) is 3.74. The summed E-state index contributed by atoms with van der Waals surface area (Å²) in [6, 6.07) is 6.33. The minimum Gasteiger partial charge on any atom is -0.493 e. The van der Waals surface area contributed by atoms with Crippen molar-refractivity contribution < 1.29 is 9.47 Å². The summed E-state index contributed by atoms with van der Waals surface area (Å²) in [5.74, 6) is 1.81. The van der Waals surface area contributed by atoms with Gasteiger partial charge >= 0.3 is 0 Å². The molecule has 1 aliphatic carbocycles. The predicted octanol–water partition coefficient (Wildman–Crippen LogP) is 3.22. The molecule has 3 nitrogen and oxygen atoms in total. The lowest BCUT2D eigenvalue weighted by molar-refractivity contribution is -0.0672. The predicted molar refractivity (Wildman–Crippen MR) is 79.9 cm³/mol. The fraction of sp³-hybridized carbons (Fsp3) is 0.647. The maximum absolute atomic E-state index is 6.59. The average molecular weight is 275 g/mol. The SMILES string of the molecule is COC1(C(N)c2ccc3c(c2)CCO3)CCC(C)CC1. The van der Waals surface area contributed by atoms with E-state index in [2.05, 4.69) is 25.1 Å². The molecule has 0 saturated heterocycles. The van der Waals surface area contributed by atoms with Gasteiger partial charge in [-0.2, -0.15) is 0 Å². The summed E-state index contributed by atoms with van der Waals surface area (Å²) in [4.78, 5) is 0. The first-order valence-corrected chi connectivity index (χ1v) is 7.71. The zero-order valence-electron chi connectivity index (χ0n) is 12.5. The van der Waals surface area contributed by atoms with Crippen LogP contribution in [-0.4, -0.2) is 19.3 Å². The van der Waals surface area contributed by atoms with Gasteiger partial charge in [0.2, 0.25) is 0 Å². The molecule has 1 fully saturated rings. The highest BCUT2D eigenvalue weighted by atomic mass is 16.5. The second-order valence-corrected chi connectivity index (χ2v) is 6.39. The van der Waals surface area contributed by atoms with Crippen LogP contribution in [0.1, 0.15) is 49.8 Å². The number of ether oxygens (including phenoxy) is 2. The fourth-order valence-electron chi connectivity index (χ4n) is 3.60. The molecule has 1 aromatic rings. The van der Waals surface area contributed by atoms with Gasteiger partial charge in [0.1, 0.15) is 5.75 Å². The molecule has 0 spiro atoms. The van der Waals surface area contributed by atoms with Crippen molar-refractivity contribution in [2.75, 3.05) is 13.7 Å². The average Bonchev–Trinajstić information content (AvgIpc) is 2.95. The molecule has 0 aromatic heterocycles. The van der Waals surface area contributed by atoms with Crippen molar-refractivity contribution in [2.45, 2.75) is 50.7 Å². The van der Waals surface area contributed by atoms with E-state index in [1.165, 1.54) is 24.0 Å². The number of fused-ring (bicyclic) bond motifs is 1. The fourth-order valence-corrected chi connectivity index (χ4v) is 3.60. The largest absolute Gasteiger partial charge is 0.493 e. The molecule has 1 aliphatic heterocycles. The summed E-state index contributed by atoms with van der Waals surface area (Å²) in [6.07, 6.45) is 5.51. The Hall–Kier alpha value is -1.06. The van der Waals surface area contributed by atoms with Crippen LogP contribution in [0.5, 0.6) is 5.75 Å². The van der Waals surface area contributed by atoms with Gasteiger partial charge in [-0.3, -0.25) is 0 Å². The van der Waals surface area contributed by atoms with E-state index in [0.717, 1.165) is 37.5 Å². The number of nitrogens with two attached hydrogens (primary N) is 1. The summed E-state index contributed by atoms with van der Waals surface area (Å²) in [6.45, 7) is 3.11. The molecule has 110 valence electrons. The summed E-state index contributed by atoms with van der Waals surface area (Å²) in [5, 5.41) is 0. The van der Waals surface area contributed by atoms with E-state index in [9.17, 15) is 0 Å². The Bertz CT molecular complexity index is 478.